The predicted octanol–water partition coefficient (Wildman–Crippen LogP) is 1.34. The molecule has 3 rings (SSSR count). The number of carbonyl (C=O) groups is 2. The number of rotatable bonds is 3. The SMILES string of the molecule is O=C1C(Cl)=C(N2CCOCC2)C(=O)N1Cc1ccccc1. The van der Waals surface area contributed by atoms with Crippen molar-refractivity contribution in [3.63, 3.8) is 0 Å². The average molecular weight is 307 g/mol. The minimum absolute atomic E-state index is 0.0119. The molecule has 0 atom stereocenters. The number of benzene rings is 1. The van der Waals surface area contributed by atoms with Crippen molar-refractivity contribution in [2.24, 2.45) is 0 Å². The van der Waals surface area contributed by atoms with Crippen molar-refractivity contribution >= 4 is 23.4 Å². The van der Waals surface area contributed by atoms with Gasteiger partial charge in [-0.15, -0.1) is 0 Å². The van der Waals surface area contributed by atoms with Crippen LogP contribution >= 0.6 is 11.6 Å². The molecule has 1 fully saturated rings. The Morgan fingerprint density at radius 2 is 1.71 bits per heavy atom. The maximum atomic E-state index is 12.5. The third-order valence-corrected chi connectivity index (χ3v) is 3.94. The van der Waals surface area contributed by atoms with Crippen molar-refractivity contribution < 1.29 is 14.3 Å². The van der Waals surface area contributed by atoms with E-state index in [0.717, 1.165) is 5.56 Å². The summed E-state index contributed by atoms with van der Waals surface area (Å²) >= 11 is 6.10. The lowest BCUT2D eigenvalue weighted by Crippen LogP contribution is -2.40. The number of morpholine rings is 1. The monoisotopic (exact) mass is 306 g/mol. The second-order valence-corrected chi connectivity index (χ2v) is 5.32. The minimum atomic E-state index is -0.424. The Morgan fingerprint density at radius 1 is 1.05 bits per heavy atom. The van der Waals surface area contributed by atoms with Crippen LogP contribution in [0.25, 0.3) is 0 Å². The highest BCUT2D eigenvalue weighted by Gasteiger charge is 2.40. The van der Waals surface area contributed by atoms with Crippen molar-refractivity contribution in [1.29, 1.82) is 0 Å². The number of halogens is 1. The molecule has 1 saturated heterocycles. The van der Waals surface area contributed by atoms with Crippen LogP contribution in [0, 0.1) is 0 Å². The van der Waals surface area contributed by atoms with Crippen LogP contribution in [-0.4, -0.2) is 47.9 Å². The summed E-state index contributed by atoms with van der Waals surface area (Å²) in [5, 5.41) is 0.0119. The average Bonchev–Trinajstić information content (AvgIpc) is 2.73. The Balaban J connectivity index is 1.81. The van der Waals surface area contributed by atoms with E-state index in [1.165, 1.54) is 4.90 Å². The second-order valence-electron chi connectivity index (χ2n) is 4.94. The van der Waals surface area contributed by atoms with Gasteiger partial charge in [0.25, 0.3) is 11.8 Å². The lowest BCUT2D eigenvalue weighted by molar-refractivity contribution is -0.138. The van der Waals surface area contributed by atoms with Gasteiger partial charge in [0.15, 0.2) is 0 Å². The Morgan fingerprint density at radius 3 is 2.38 bits per heavy atom. The van der Waals surface area contributed by atoms with Crippen LogP contribution in [0.15, 0.2) is 41.1 Å². The smallest absolute Gasteiger partial charge is 0.279 e. The molecule has 0 N–H and O–H groups in total. The Labute approximate surface area is 127 Å². The summed E-state index contributed by atoms with van der Waals surface area (Å²) in [6, 6.07) is 9.39. The van der Waals surface area contributed by atoms with E-state index in [1.807, 2.05) is 35.2 Å². The molecular formula is C15H15ClN2O3. The summed E-state index contributed by atoms with van der Waals surface area (Å²) in [6.07, 6.45) is 0. The first-order valence-corrected chi connectivity index (χ1v) is 7.19. The number of ether oxygens (including phenoxy) is 1. The molecule has 2 aliphatic heterocycles. The molecular weight excluding hydrogens is 292 g/mol. The first-order chi connectivity index (χ1) is 10.2. The van der Waals surface area contributed by atoms with Gasteiger partial charge < -0.3 is 9.64 Å². The second kappa shape index (κ2) is 5.87. The molecule has 5 nitrogen and oxygen atoms in total. The van der Waals surface area contributed by atoms with E-state index >= 15 is 0 Å². The highest BCUT2D eigenvalue weighted by molar-refractivity contribution is 6.47. The van der Waals surface area contributed by atoms with Crippen molar-refractivity contribution in [2.75, 3.05) is 26.3 Å². The molecule has 0 saturated carbocycles. The van der Waals surface area contributed by atoms with E-state index in [0.29, 0.717) is 32.0 Å². The number of hydrogen-bond donors (Lipinski definition) is 0. The standard InChI is InChI=1S/C15H15ClN2O3/c16-12-13(17-6-8-21-9-7-17)15(20)18(14(12)19)10-11-4-2-1-3-5-11/h1-5H,6-10H2. The number of carbonyl (C=O) groups excluding carboxylic acids is 2. The lowest BCUT2D eigenvalue weighted by atomic mass is 10.2. The van der Waals surface area contributed by atoms with E-state index in [2.05, 4.69) is 0 Å². The summed E-state index contributed by atoms with van der Waals surface area (Å²) < 4.78 is 5.26. The summed E-state index contributed by atoms with van der Waals surface area (Å²) in [7, 11) is 0. The fourth-order valence-electron chi connectivity index (χ4n) is 2.50. The fraction of sp³-hybridized carbons (Fsp3) is 0.333. The number of hydrogen-bond acceptors (Lipinski definition) is 4. The highest BCUT2D eigenvalue weighted by atomic mass is 35.5. The summed E-state index contributed by atoms with van der Waals surface area (Å²) in [5.41, 5.74) is 1.20. The van der Waals surface area contributed by atoms with E-state index in [4.69, 9.17) is 16.3 Å². The summed E-state index contributed by atoms with van der Waals surface area (Å²) in [6.45, 7) is 2.46. The third kappa shape index (κ3) is 2.66. The van der Waals surface area contributed by atoms with Gasteiger partial charge >= 0.3 is 0 Å². The van der Waals surface area contributed by atoms with Crippen LogP contribution < -0.4 is 0 Å². The number of amides is 2. The van der Waals surface area contributed by atoms with Gasteiger partial charge in [0.2, 0.25) is 0 Å². The molecule has 0 radical (unpaired) electrons. The first-order valence-electron chi connectivity index (χ1n) is 6.81. The van der Waals surface area contributed by atoms with Crippen molar-refractivity contribution in [3.05, 3.63) is 46.6 Å². The number of imide groups is 1. The van der Waals surface area contributed by atoms with E-state index < -0.39 is 5.91 Å². The zero-order valence-corrected chi connectivity index (χ0v) is 12.2. The van der Waals surface area contributed by atoms with Crippen molar-refractivity contribution in [2.45, 2.75) is 6.54 Å². The van der Waals surface area contributed by atoms with Crippen LogP contribution in [-0.2, 0) is 20.9 Å². The minimum Gasteiger partial charge on any atom is -0.378 e. The van der Waals surface area contributed by atoms with Crippen LogP contribution in [0.3, 0.4) is 0 Å². The molecule has 0 aromatic heterocycles. The predicted molar refractivity (Wildman–Crippen MR) is 77.3 cm³/mol. The van der Waals surface area contributed by atoms with Gasteiger partial charge in [0, 0.05) is 13.1 Å². The molecule has 2 amide bonds. The normalized spacial score (nSPS) is 19.7. The van der Waals surface area contributed by atoms with Gasteiger partial charge in [0.1, 0.15) is 10.7 Å². The summed E-state index contributed by atoms with van der Waals surface area (Å²) in [5.74, 6) is -0.747. The quantitative estimate of drug-likeness (QED) is 0.791. The fourth-order valence-corrected chi connectivity index (χ4v) is 2.81. The van der Waals surface area contributed by atoms with Crippen molar-refractivity contribution in [3.8, 4) is 0 Å². The van der Waals surface area contributed by atoms with Gasteiger partial charge in [-0.1, -0.05) is 41.9 Å². The van der Waals surface area contributed by atoms with Gasteiger partial charge in [-0.2, -0.15) is 0 Å². The zero-order chi connectivity index (χ0) is 14.8. The van der Waals surface area contributed by atoms with Crippen LogP contribution in [0.1, 0.15) is 5.56 Å². The molecule has 110 valence electrons. The largest absolute Gasteiger partial charge is 0.378 e. The van der Waals surface area contributed by atoms with E-state index in [1.54, 1.807) is 0 Å². The molecule has 0 aliphatic carbocycles. The highest BCUT2D eigenvalue weighted by Crippen LogP contribution is 2.28. The Bertz CT molecular complexity index is 594. The van der Waals surface area contributed by atoms with E-state index in [-0.39, 0.29) is 17.5 Å². The van der Waals surface area contributed by atoms with Crippen LogP contribution in [0.5, 0.6) is 0 Å². The van der Waals surface area contributed by atoms with Gasteiger partial charge in [-0.05, 0) is 5.56 Å². The van der Waals surface area contributed by atoms with E-state index in [9.17, 15) is 9.59 Å². The molecule has 0 bridgehead atoms. The zero-order valence-electron chi connectivity index (χ0n) is 11.4. The van der Waals surface area contributed by atoms with Crippen LogP contribution in [0.4, 0.5) is 0 Å². The Kier molecular flexibility index (Phi) is 3.94. The summed E-state index contributed by atoms with van der Waals surface area (Å²) in [4.78, 5) is 27.8. The molecule has 0 spiro atoms. The number of nitrogens with zero attached hydrogens (tertiary/aromatic N) is 2. The topological polar surface area (TPSA) is 49.9 Å². The first kappa shape index (κ1) is 14.1. The van der Waals surface area contributed by atoms with Gasteiger partial charge in [0.05, 0.1) is 19.8 Å². The molecule has 1 aromatic carbocycles. The van der Waals surface area contributed by atoms with Crippen molar-refractivity contribution in [1.82, 2.24) is 9.80 Å². The molecule has 1 aromatic rings. The van der Waals surface area contributed by atoms with Gasteiger partial charge in [-0.25, -0.2) is 0 Å². The molecule has 21 heavy (non-hydrogen) atoms. The third-order valence-electron chi connectivity index (χ3n) is 3.60. The molecule has 0 unspecified atom stereocenters. The molecule has 2 aliphatic rings. The van der Waals surface area contributed by atoms with Gasteiger partial charge in [-0.3, -0.25) is 14.5 Å². The van der Waals surface area contributed by atoms with Crippen LogP contribution in [0.2, 0.25) is 0 Å². The maximum Gasteiger partial charge on any atom is 0.279 e. The Hall–Kier alpha value is -1.85. The molecule has 6 heteroatoms. The lowest BCUT2D eigenvalue weighted by Gasteiger charge is -2.29. The maximum absolute atomic E-state index is 12.5. The molecule has 2 heterocycles.